The maximum absolute atomic E-state index is 12.9. The molecule has 174 valence electrons. The van der Waals surface area contributed by atoms with Crippen molar-refractivity contribution in [1.82, 2.24) is 25.1 Å². The summed E-state index contributed by atoms with van der Waals surface area (Å²) >= 11 is 3.51. The lowest BCUT2D eigenvalue weighted by atomic mass is 10.00. The number of unbranched alkanes of at least 4 members (excludes halogenated alkanes) is 2. The summed E-state index contributed by atoms with van der Waals surface area (Å²) in [7, 11) is 0. The largest absolute Gasteiger partial charge is 0.312 e. The third-order valence-electron chi connectivity index (χ3n) is 6.19. The molecule has 1 aliphatic heterocycles. The number of nitrogens with one attached hydrogen (secondary N) is 1. The molecule has 4 aromatic rings. The van der Waals surface area contributed by atoms with Crippen molar-refractivity contribution in [3.05, 3.63) is 51.2 Å². The monoisotopic (exact) mass is 481 g/mol. The van der Waals surface area contributed by atoms with Gasteiger partial charge in [-0.2, -0.15) is 5.10 Å². The number of ketones is 1. The Bertz CT molecular complexity index is 1260. The fraction of sp³-hybridized carbons (Fsp3) is 0.440. The zero-order chi connectivity index (χ0) is 22.8. The molecule has 1 N–H and O–H groups in total. The van der Waals surface area contributed by atoms with Gasteiger partial charge < -0.3 is 5.32 Å². The smallest absolute Gasteiger partial charge is 0.138 e. The third kappa shape index (κ3) is 4.93. The van der Waals surface area contributed by atoms with E-state index in [-0.39, 0.29) is 1.43 Å². The minimum absolute atomic E-state index is 0. The van der Waals surface area contributed by atoms with Gasteiger partial charge in [-0.25, -0.2) is 4.98 Å². The Hall–Kier alpha value is -2.42. The predicted molar refractivity (Wildman–Crippen MR) is 137 cm³/mol. The van der Waals surface area contributed by atoms with E-state index in [0.717, 1.165) is 66.2 Å². The van der Waals surface area contributed by atoms with Crippen molar-refractivity contribution in [2.24, 2.45) is 0 Å². The summed E-state index contributed by atoms with van der Waals surface area (Å²) in [5.41, 5.74) is 5.81. The predicted octanol–water partition coefficient (Wildman–Crippen LogP) is 5.50. The Morgan fingerprint density at radius 1 is 1.24 bits per heavy atom. The summed E-state index contributed by atoms with van der Waals surface area (Å²) in [5, 5.41) is 9.03. The van der Waals surface area contributed by atoms with E-state index < -0.39 is 0 Å². The topological polar surface area (TPSA) is 72.7 Å². The summed E-state index contributed by atoms with van der Waals surface area (Å²) in [4.78, 5) is 24.6. The van der Waals surface area contributed by atoms with Crippen molar-refractivity contribution in [3.63, 3.8) is 0 Å². The molecule has 8 heteroatoms. The molecule has 0 aliphatic carbocycles. The fourth-order valence-corrected chi connectivity index (χ4v) is 7.03. The van der Waals surface area contributed by atoms with Gasteiger partial charge in [0.05, 0.1) is 16.6 Å². The molecule has 0 amide bonds. The van der Waals surface area contributed by atoms with Gasteiger partial charge in [0.15, 0.2) is 0 Å². The number of Topliss-reactive ketones (excluding diaryl/α,β-unsaturated/α-hetero) is 1. The van der Waals surface area contributed by atoms with E-state index in [0.29, 0.717) is 18.6 Å². The van der Waals surface area contributed by atoms with E-state index in [1.54, 1.807) is 22.7 Å². The van der Waals surface area contributed by atoms with Crippen molar-refractivity contribution < 1.29 is 6.22 Å². The second-order valence-electron chi connectivity index (χ2n) is 8.77. The van der Waals surface area contributed by atoms with Crippen LogP contribution in [0.15, 0.2) is 24.5 Å². The van der Waals surface area contributed by atoms with Gasteiger partial charge in [-0.3, -0.25) is 14.5 Å². The number of hydrogen-bond donors (Lipinski definition) is 1. The Morgan fingerprint density at radius 3 is 2.97 bits per heavy atom. The van der Waals surface area contributed by atoms with Crippen LogP contribution in [-0.2, 0) is 30.7 Å². The van der Waals surface area contributed by atoms with Crippen LogP contribution in [-0.4, -0.2) is 32.1 Å². The van der Waals surface area contributed by atoms with Crippen molar-refractivity contribution in [3.8, 4) is 10.6 Å². The molecule has 0 fully saturated rings. The summed E-state index contributed by atoms with van der Waals surface area (Å²) in [6, 6.07) is 4.13. The second-order valence-corrected chi connectivity index (χ2v) is 11.0. The number of carbonyl (C=O) groups is 1. The molecule has 33 heavy (non-hydrogen) atoms. The highest BCUT2D eigenvalue weighted by Gasteiger charge is 2.25. The molecule has 0 atom stereocenters. The number of fused-ring (bicyclic) bond motifs is 2. The second kappa shape index (κ2) is 9.83. The summed E-state index contributed by atoms with van der Waals surface area (Å²) in [6.45, 7) is 6.92. The first-order chi connectivity index (χ1) is 16.1. The molecule has 6 nitrogen and oxygen atoms in total. The Labute approximate surface area is 203 Å². The maximum Gasteiger partial charge on any atom is 0.138 e. The van der Waals surface area contributed by atoms with E-state index in [1.165, 1.54) is 26.6 Å². The first-order valence-corrected chi connectivity index (χ1v) is 13.3. The normalized spacial score (nSPS) is 13.5. The summed E-state index contributed by atoms with van der Waals surface area (Å²) in [5.74, 6) is 0.330. The van der Waals surface area contributed by atoms with Crippen LogP contribution < -0.4 is 5.32 Å². The number of thiophene rings is 1. The molecule has 1 aliphatic rings. The molecular weight excluding hydrogens is 450 g/mol. The van der Waals surface area contributed by atoms with Crippen LogP contribution in [0.1, 0.15) is 53.8 Å². The molecule has 4 aromatic heterocycles. The van der Waals surface area contributed by atoms with E-state index >= 15 is 0 Å². The zero-order valence-electron chi connectivity index (χ0n) is 19.2. The lowest BCUT2D eigenvalue weighted by Crippen LogP contribution is -2.22. The van der Waals surface area contributed by atoms with Crippen molar-refractivity contribution in [2.75, 3.05) is 6.54 Å². The average molecular weight is 482 g/mol. The fourth-order valence-electron chi connectivity index (χ4n) is 4.58. The Kier molecular flexibility index (Phi) is 6.66. The standard InChI is InChI=1S/C25H29N5OS2.H2/c1-16-12-17(2)30(29-16)11-5-3-4-6-18(31)13-22-24(19-7-9-27-15-23(19)32-22)25-28-20-14-26-10-8-21(20)33-25;/h8,10,12,14,27H,3-7,9,11,13,15H2,1-2H3;1H. The SMILES string of the molecule is Cc1cc(C)n(CCCCCC(=O)Cc2sc3c(c2-c2nc4cnccc4s2)CCNC3)n1.[HH]. The van der Waals surface area contributed by atoms with Crippen LogP contribution in [0.3, 0.4) is 0 Å². The molecule has 0 spiro atoms. The number of nitrogens with zero attached hydrogens (tertiary/aromatic N) is 4. The Balaban J connectivity index is 0.00000274. The van der Waals surface area contributed by atoms with E-state index in [4.69, 9.17) is 4.98 Å². The molecular formula is C25H31N5OS2. The number of aromatic nitrogens is 4. The van der Waals surface area contributed by atoms with Gasteiger partial charge in [-0.15, -0.1) is 22.7 Å². The average Bonchev–Trinajstić information content (AvgIpc) is 3.47. The lowest BCUT2D eigenvalue weighted by molar-refractivity contribution is -0.118. The molecule has 5 rings (SSSR count). The van der Waals surface area contributed by atoms with Gasteiger partial charge in [0, 0.05) is 54.6 Å². The lowest BCUT2D eigenvalue weighted by Gasteiger charge is -2.13. The number of carbonyl (C=O) groups excluding carboxylic acids is 1. The number of thiazole rings is 1. The number of hydrogen-bond acceptors (Lipinski definition) is 7. The summed E-state index contributed by atoms with van der Waals surface area (Å²) in [6.07, 6.45) is 8.83. The minimum Gasteiger partial charge on any atom is -0.312 e. The van der Waals surface area contributed by atoms with Crippen LogP contribution in [0.2, 0.25) is 0 Å². The highest BCUT2D eigenvalue weighted by molar-refractivity contribution is 7.22. The van der Waals surface area contributed by atoms with E-state index in [9.17, 15) is 4.79 Å². The maximum atomic E-state index is 12.9. The minimum atomic E-state index is 0. The van der Waals surface area contributed by atoms with Gasteiger partial charge >= 0.3 is 0 Å². The molecule has 5 heterocycles. The molecule has 0 unspecified atom stereocenters. The van der Waals surface area contributed by atoms with Crippen molar-refractivity contribution in [2.45, 2.75) is 65.5 Å². The highest BCUT2D eigenvalue weighted by atomic mass is 32.1. The van der Waals surface area contributed by atoms with E-state index in [2.05, 4.69) is 33.1 Å². The number of pyridine rings is 1. The first kappa shape index (κ1) is 22.4. The van der Waals surface area contributed by atoms with Gasteiger partial charge in [-0.05, 0) is 57.4 Å². The van der Waals surface area contributed by atoms with Crippen LogP contribution in [0, 0.1) is 13.8 Å². The molecule has 0 saturated carbocycles. The van der Waals surface area contributed by atoms with Gasteiger partial charge in [0.1, 0.15) is 16.3 Å². The zero-order valence-corrected chi connectivity index (χ0v) is 20.8. The molecule has 0 bridgehead atoms. The van der Waals surface area contributed by atoms with Gasteiger partial charge in [0.25, 0.3) is 0 Å². The van der Waals surface area contributed by atoms with Gasteiger partial charge in [0.2, 0.25) is 0 Å². The Morgan fingerprint density at radius 2 is 2.15 bits per heavy atom. The quantitative estimate of drug-likeness (QED) is 0.320. The molecule has 0 radical (unpaired) electrons. The highest BCUT2D eigenvalue weighted by Crippen LogP contribution is 2.41. The van der Waals surface area contributed by atoms with Crippen LogP contribution in [0.25, 0.3) is 20.8 Å². The van der Waals surface area contributed by atoms with Crippen molar-refractivity contribution >= 4 is 38.7 Å². The van der Waals surface area contributed by atoms with Crippen molar-refractivity contribution in [1.29, 1.82) is 0 Å². The van der Waals surface area contributed by atoms with Crippen LogP contribution >= 0.6 is 22.7 Å². The van der Waals surface area contributed by atoms with E-state index in [1.807, 2.05) is 25.4 Å². The van der Waals surface area contributed by atoms with Crippen LogP contribution in [0.5, 0.6) is 0 Å². The van der Waals surface area contributed by atoms with Gasteiger partial charge in [-0.1, -0.05) is 6.42 Å². The number of aryl methyl sites for hydroxylation is 3. The van der Waals surface area contributed by atoms with Crippen LogP contribution in [0.4, 0.5) is 0 Å². The third-order valence-corrected chi connectivity index (χ3v) is 8.48. The molecule has 0 aromatic carbocycles. The molecule has 0 saturated heterocycles. The first-order valence-electron chi connectivity index (χ1n) is 11.7. The number of rotatable bonds is 9. The summed E-state index contributed by atoms with van der Waals surface area (Å²) < 4.78 is 3.22.